The summed E-state index contributed by atoms with van der Waals surface area (Å²) < 4.78 is 11.7. The molecule has 11 aromatic rings. The SMILES string of the molecule is c1ccc(-n2c3ccccc3c3ccc(N(c4ccc(-c5ccc6[se]c7ccccc7c6c5)cc4)c4ccc5c(c4)oc4ccccc45)cc32)cc1. The number of hydrogen-bond donors (Lipinski definition) is 0. The molecule has 0 radical (unpaired) electrons. The molecule has 0 amide bonds. The number of anilines is 3. The Hall–Kier alpha value is -6.32. The minimum Gasteiger partial charge on any atom is -0.0602 e. The maximum absolute atomic E-state index is 6.41. The first kappa shape index (κ1) is 29.4. The van der Waals surface area contributed by atoms with Gasteiger partial charge in [0.2, 0.25) is 0 Å². The van der Waals surface area contributed by atoms with Gasteiger partial charge in [-0.3, -0.25) is 0 Å². The molecule has 4 heteroatoms. The minimum absolute atomic E-state index is 0.364. The molecule has 0 saturated heterocycles. The minimum atomic E-state index is 0.364. The average Bonchev–Trinajstić information content (AvgIpc) is 3.87. The van der Waals surface area contributed by atoms with E-state index in [2.05, 4.69) is 179 Å². The van der Waals surface area contributed by atoms with Crippen molar-refractivity contribution in [1.82, 2.24) is 4.57 Å². The van der Waals surface area contributed by atoms with Gasteiger partial charge in [0.15, 0.2) is 0 Å². The second kappa shape index (κ2) is 11.6. The summed E-state index contributed by atoms with van der Waals surface area (Å²) in [7, 11) is 0. The summed E-state index contributed by atoms with van der Waals surface area (Å²) in [6.07, 6.45) is 0. The monoisotopic (exact) mass is 730 g/mol. The van der Waals surface area contributed by atoms with Crippen molar-refractivity contribution in [3.05, 3.63) is 182 Å². The maximum atomic E-state index is 6.41. The third-order valence-electron chi connectivity index (χ3n) is 10.4. The van der Waals surface area contributed by atoms with Crippen molar-refractivity contribution in [3.63, 3.8) is 0 Å². The Bertz CT molecular complexity index is 3130. The molecule has 11 rings (SSSR count). The van der Waals surface area contributed by atoms with E-state index >= 15 is 0 Å². The van der Waals surface area contributed by atoms with Gasteiger partial charge in [0.25, 0.3) is 0 Å². The van der Waals surface area contributed by atoms with Gasteiger partial charge in [-0.15, -0.1) is 0 Å². The van der Waals surface area contributed by atoms with E-state index in [9.17, 15) is 0 Å². The zero-order valence-corrected chi connectivity index (χ0v) is 29.7. The molecule has 0 aliphatic carbocycles. The summed E-state index contributed by atoms with van der Waals surface area (Å²) in [5.74, 6) is 0. The van der Waals surface area contributed by atoms with Crippen LogP contribution in [0.25, 0.3) is 79.9 Å². The summed E-state index contributed by atoms with van der Waals surface area (Å²) in [6.45, 7) is 0. The van der Waals surface area contributed by atoms with Gasteiger partial charge in [-0.1, -0.05) is 54.6 Å². The number of hydrogen-bond acceptors (Lipinski definition) is 2. The van der Waals surface area contributed by atoms with Gasteiger partial charge in [0.05, 0.1) is 5.52 Å². The molecule has 3 nitrogen and oxygen atoms in total. The van der Waals surface area contributed by atoms with E-state index in [4.69, 9.17) is 4.42 Å². The predicted molar refractivity (Wildman–Crippen MR) is 220 cm³/mol. The molecule has 0 spiro atoms. The molecule has 0 atom stereocenters. The molecule has 3 aromatic heterocycles. The summed E-state index contributed by atoms with van der Waals surface area (Å²) in [5.41, 5.74) is 10.9. The van der Waals surface area contributed by atoms with Crippen LogP contribution in [0.4, 0.5) is 17.1 Å². The molecule has 52 heavy (non-hydrogen) atoms. The van der Waals surface area contributed by atoms with Crippen LogP contribution in [-0.4, -0.2) is 19.1 Å². The molecule has 0 fully saturated rings. The Morgan fingerprint density at radius 1 is 0.385 bits per heavy atom. The Morgan fingerprint density at radius 3 is 1.87 bits per heavy atom. The van der Waals surface area contributed by atoms with Crippen molar-refractivity contribution in [2.24, 2.45) is 0 Å². The molecular formula is C48H30N2OSe. The first-order valence-electron chi connectivity index (χ1n) is 17.6. The molecule has 0 aliphatic rings. The predicted octanol–water partition coefficient (Wildman–Crippen LogP) is 13.2. The molecule has 0 aliphatic heterocycles. The van der Waals surface area contributed by atoms with Crippen molar-refractivity contribution in [3.8, 4) is 16.8 Å². The van der Waals surface area contributed by atoms with Crippen LogP contribution in [0.15, 0.2) is 186 Å². The standard InChI is InChI=1S/C48H30N2OSe/c1-2-10-33(11-3-1)50-43-15-7-4-12-37(43)38-25-23-35(29-44(38)50)49(36-24-26-40-39-13-5-8-16-45(39)51-46(40)30-36)34-21-18-31(19-22-34)32-20-27-48-42(28-32)41-14-6-9-17-47(41)52-48/h1-30H. The molecule has 3 heterocycles. The normalized spacial score (nSPS) is 11.8. The van der Waals surface area contributed by atoms with Gasteiger partial charge in [0, 0.05) is 27.2 Å². The number of nitrogens with zero attached hydrogens (tertiary/aromatic N) is 2. The summed E-state index contributed by atoms with van der Waals surface area (Å²) in [4.78, 5) is 2.35. The number of furan rings is 1. The Morgan fingerprint density at radius 2 is 1.00 bits per heavy atom. The van der Waals surface area contributed by atoms with Crippen LogP contribution in [0.1, 0.15) is 0 Å². The summed E-state index contributed by atoms with van der Waals surface area (Å²) in [6, 6.07) is 65.9. The number of rotatable bonds is 5. The van der Waals surface area contributed by atoms with Crippen LogP contribution in [0, 0.1) is 0 Å². The number of benzene rings is 8. The molecule has 0 saturated carbocycles. The molecule has 0 unspecified atom stereocenters. The molecule has 0 bridgehead atoms. The van der Waals surface area contributed by atoms with Crippen molar-refractivity contribution < 1.29 is 4.42 Å². The zero-order valence-electron chi connectivity index (χ0n) is 28.0. The summed E-state index contributed by atoms with van der Waals surface area (Å²) >= 11 is 0.364. The zero-order chi connectivity index (χ0) is 34.2. The van der Waals surface area contributed by atoms with Gasteiger partial charge >= 0.3 is 181 Å². The fourth-order valence-electron chi connectivity index (χ4n) is 7.96. The van der Waals surface area contributed by atoms with Gasteiger partial charge in [-0.25, -0.2) is 0 Å². The van der Waals surface area contributed by atoms with Crippen LogP contribution in [0.2, 0.25) is 0 Å². The molecule has 0 N–H and O–H groups in total. The third kappa shape index (κ3) is 4.59. The van der Waals surface area contributed by atoms with Gasteiger partial charge < -0.3 is 8.98 Å². The fourth-order valence-corrected chi connectivity index (χ4v) is 10.2. The number of para-hydroxylation sites is 3. The summed E-state index contributed by atoms with van der Waals surface area (Å²) in [5, 5.41) is 7.48. The van der Waals surface area contributed by atoms with E-state index in [0.717, 1.165) is 50.2 Å². The Kier molecular flexibility index (Phi) is 6.57. The van der Waals surface area contributed by atoms with Crippen LogP contribution in [0.3, 0.4) is 0 Å². The van der Waals surface area contributed by atoms with E-state index in [1.807, 2.05) is 12.1 Å². The van der Waals surface area contributed by atoms with E-state index in [1.165, 1.54) is 46.7 Å². The Labute approximate surface area is 305 Å². The van der Waals surface area contributed by atoms with Crippen molar-refractivity contribution in [2.75, 3.05) is 4.90 Å². The first-order chi connectivity index (χ1) is 25.8. The van der Waals surface area contributed by atoms with E-state index in [-0.39, 0.29) is 0 Å². The topological polar surface area (TPSA) is 21.3 Å². The van der Waals surface area contributed by atoms with Crippen LogP contribution >= 0.6 is 0 Å². The van der Waals surface area contributed by atoms with Gasteiger partial charge in [-0.05, 0) is 24.3 Å². The van der Waals surface area contributed by atoms with Crippen molar-refractivity contribution in [2.45, 2.75) is 0 Å². The van der Waals surface area contributed by atoms with Crippen molar-refractivity contribution >= 4 is 94.6 Å². The number of fused-ring (bicyclic) bond motifs is 9. The quantitative estimate of drug-likeness (QED) is 0.165. The smallest absolute Gasteiger partial charge is 0.0602 e. The molecule has 244 valence electrons. The molecule has 8 aromatic carbocycles. The second-order valence-electron chi connectivity index (χ2n) is 13.4. The van der Waals surface area contributed by atoms with Crippen LogP contribution in [-0.2, 0) is 0 Å². The van der Waals surface area contributed by atoms with Crippen molar-refractivity contribution in [1.29, 1.82) is 0 Å². The van der Waals surface area contributed by atoms with Gasteiger partial charge in [-0.2, -0.15) is 0 Å². The average molecular weight is 730 g/mol. The van der Waals surface area contributed by atoms with E-state index in [0.29, 0.717) is 14.5 Å². The van der Waals surface area contributed by atoms with E-state index in [1.54, 1.807) is 0 Å². The Balaban J connectivity index is 1.09. The number of aromatic nitrogens is 1. The second-order valence-corrected chi connectivity index (χ2v) is 15.6. The van der Waals surface area contributed by atoms with Crippen LogP contribution in [0.5, 0.6) is 0 Å². The van der Waals surface area contributed by atoms with Gasteiger partial charge in [0.1, 0.15) is 5.58 Å². The van der Waals surface area contributed by atoms with Crippen LogP contribution < -0.4 is 4.90 Å². The van der Waals surface area contributed by atoms with E-state index < -0.39 is 0 Å². The molecular weight excluding hydrogens is 700 g/mol. The fraction of sp³-hybridized carbons (Fsp3) is 0. The first-order valence-corrected chi connectivity index (χ1v) is 19.3. The third-order valence-corrected chi connectivity index (χ3v) is 12.8.